The van der Waals surface area contributed by atoms with Gasteiger partial charge in [0.05, 0.1) is 17.5 Å². The quantitative estimate of drug-likeness (QED) is 0.173. The molecule has 2 N–H and O–H groups in total. The molecule has 2 aliphatic carbocycles. The van der Waals surface area contributed by atoms with Gasteiger partial charge in [-0.1, -0.05) is 29.8 Å². The Morgan fingerprint density at radius 1 is 1.09 bits per heavy atom. The molecule has 180 valence electrons. The fourth-order valence-corrected chi connectivity index (χ4v) is 5.25. The highest BCUT2D eigenvalue weighted by Crippen LogP contribution is 2.52. The van der Waals surface area contributed by atoms with Gasteiger partial charge in [-0.05, 0) is 37.3 Å². The van der Waals surface area contributed by atoms with Gasteiger partial charge in [-0.15, -0.1) is 24.0 Å². The zero-order valence-corrected chi connectivity index (χ0v) is 21.7. The lowest BCUT2D eigenvalue weighted by Crippen LogP contribution is -2.44. The number of halogens is 1. The predicted octanol–water partition coefficient (Wildman–Crippen LogP) is 2.78. The fourth-order valence-electron chi connectivity index (χ4n) is 5.25. The van der Waals surface area contributed by atoms with Crippen LogP contribution in [0.5, 0.6) is 0 Å². The summed E-state index contributed by atoms with van der Waals surface area (Å²) in [6, 6.07) is 8.07. The molecular weight excluding hydrogens is 545 g/mol. The van der Waals surface area contributed by atoms with Gasteiger partial charge in [-0.2, -0.15) is 0 Å². The van der Waals surface area contributed by atoms with Crippen LogP contribution in [0.4, 0.5) is 0 Å². The summed E-state index contributed by atoms with van der Waals surface area (Å²) in [5.74, 6) is 1.41. The van der Waals surface area contributed by atoms with Crippen LogP contribution < -0.4 is 10.6 Å². The van der Waals surface area contributed by atoms with E-state index in [0.29, 0.717) is 37.9 Å². The Balaban J connectivity index is 0.00000274. The molecule has 0 radical (unpaired) electrons. The lowest BCUT2D eigenvalue weighted by molar-refractivity contribution is -0.140. The van der Waals surface area contributed by atoms with E-state index in [1.165, 1.54) is 10.5 Å². The number of allylic oxidation sites excluding steroid dienone is 2. The number of carbonyl (C=O) groups excluding carboxylic acids is 2. The zero-order valence-electron chi connectivity index (χ0n) is 19.4. The van der Waals surface area contributed by atoms with Crippen molar-refractivity contribution >= 4 is 41.8 Å². The van der Waals surface area contributed by atoms with E-state index in [1.54, 1.807) is 13.3 Å². The van der Waals surface area contributed by atoms with E-state index in [2.05, 4.69) is 32.8 Å². The minimum atomic E-state index is -0.141. The number of rotatable bonds is 7. The molecule has 1 aromatic heterocycles. The van der Waals surface area contributed by atoms with Crippen molar-refractivity contribution in [2.75, 3.05) is 26.7 Å². The number of guanidine groups is 1. The summed E-state index contributed by atoms with van der Waals surface area (Å²) >= 11 is 0. The monoisotopic (exact) mass is 575 g/mol. The molecule has 8 nitrogen and oxygen atoms in total. The van der Waals surface area contributed by atoms with E-state index in [0.717, 1.165) is 17.7 Å². The average molecular weight is 575 g/mol. The number of imide groups is 1. The van der Waals surface area contributed by atoms with Crippen molar-refractivity contribution in [3.8, 4) is 11.5 Å². The normalized spacial score (nSPS) is 25.0. The van der Waals surface area contributed by atoms with E-state index in [9.17, 15) is 9.59 Å². The summed E-state index contributed by atoms with van der Waals surface area (Å²) in [6.45, 7) is 3.49. The summed E-state index contributed by atoms with van der Waals surface area (Å²) in [6.07, 6.45) is 7.54. The van der Waals surface area contributed by atoms with Crippen LogP contribution in [0, 0.1) is 30.6 Å². The second kappa shape index (κ2) is 10.3. The minimum Gasteiger partial charge on any atom is -0.444 e. The third kappa shape index (κ3) is 4.62. The largest absolute Gasteiger partial charge is 0.444 e. The number of benzene rings is 1. The van der Waals surface area contributed by atoms with Crippen LogP contribution in [0.25, 0.3) is 11.5 Å². The number of amides is 2. The van der Waals surface area contributed by atoms with Crippen molar-refractivity contribution < 1.29 is 14.0 Å². The lowest BCUT2D eigenvalue weighted by Gasteiger charge is -2.18. The molecule has 34 heavy (non-hydrogen) atoms. The number of hydrogen-bond acceptors (Lipinski definition) is 5. The van der Waals surface area contributed by atoms with Gasteiger partial charge in [0.1, 0.15) is 6.26 Å². The van der Waals surface area contributed by atoms with Gasteiger partial charge < -0.3 is 15.1 Å². The van der Waals surface area contributed by atoms with Crippen molar-refractivity contribution in [3.05, 3.63) is 53.9 Å². The zero-order chi connectivity index (χ0) is 22.9. The van der Waals surface area contributed by atoms with Gasteiger partial charge in [0.2, 0.25) is 17.7 Å². The first kappa shape index (κ1) is 24.4. The highest BCUT2D eigenvalue weighted by Gasteiger charge is 2.58. The number of aliphatic imine (C=N–C) groups is 1. The molecule has 2 heterocycles. The summed E-state index contributed by atoms with van der Waals surface area (Å²) in [5, 5.41) is 6.44. The first-order valence-corrected chi connectivity index (χ1v) is 11.5. The fraction of sp³-hybridized carbons (Fsp3) is 0.440. The topological polar surface area (TPSA) is 99.8 Å². The molecule has 1 aromatic carbocycles. The smallest absolute Gasteiger partial charge is 0.233 e. The van der Waals surface area contributed by atoms with Crippen molar-refractivity contribution in [2.24, 2.45) is 28.7 Å². The molecule has 0 spiro atoms. The number of fused-ring (bicyclic) bond motifs is 5. The molecule has 4 unspecified atom stereocenters. The minimum absolute atomic E-state index is 0. The molecule has 1 aliphatic heterocycles. The highest BCUT2D eigenvalue weighted by molar-refractivity contribution is 14.0. The number of nitrogens with zero attached hydrogens (tertiary/aromatic N) is 3. The first-order chi connectivity index (χ1) is 16.0. The number of nitrogens with one attached hydrogen (secondary N) is 2. The van der Waals surface area contributed by atoms with E-state index in [1.807, 2.05) is 31.2 Å². The Morgan fingerprint density at radius 3 is 2.38 bits per heavy atom. The Hall–Kier alpha value is -2.69. The van der Waals surface area contributed by atoms with Crippen molar-refractivity contribution in [1.82, 2.24) is 20.5 Å². The van der Waals surface area contributed by atoms with Crippen LogP contribution in [0.15, 0.2) is 52.1 Å². The molecule has 5 rings (SSSR count). The molecule has 2 amide bonds. The molecule has 9 heteroatoms. The molecule has 4 atom stereocenters. The maximum atomic E-state index is 12.8. The Bertz CT molecular complexity index is 1080. The number of oxazole rings is 1. The summed E-state index contributed by atoms with van der Waals surface area (Å²) in [4.78, 5) is 35.7. The number of carbonyl (C=O) groups is 2. The van der Waals surface area contributed by atoms with E-state index in [-0.39, 0.29) is 59.5 Å². The maximum Gasteiger partial charge on any atom is 0.233 e. The molecule has 2 bridgehead atoms. The van der Waals surface area contributed by atoms with Gasteiger partial charge in [0.15, 0.2) is 5.96 Å². The summed E-state index contributed by atoms with van der Waals surface area (Å²) < 4.78 is 5.61. The number of hydrogen-bond donors (Lipinski definition) is 2. The van der Waals surface area contributed by atoms with Gasteiger partial charge in [0, 0.05) is 38.7 Å². The lowest BCUT2D eigenvalue weighted by atomic mass is 9.85. The van der Waals surface area contributed by atoms with Crippen LogP contribution in [-0.2, 0) is 16.0 Å². The SMILES string of the molecule is CN=C(NCCc1coc(-c2ccc(C)cc2)n1)NCCN1C(=O)C2C3C=CC(C3)C2C1=O.I. The van der Waals surface area contributed by atoms with Crippen molar-refractivity contribution in [2.45, 2.75) is 19.8 Å². The van der Waals surface area contributed by atoms with E-state index in [4.69, 9.17) is 4.42 Å². The summed E-state index contributed by atoms with van der Waals surface area (Å²) in [5.41, 5.74) is 3.01. The van der Waals surface area contributed by atoms with Crippen LogP contribution in [0.1, 0.15) is 17.7 Å². The number of aryl methyl sites for hydroxylation is 1. The average Bonchev–Trinajstić information content (AvgIpc) is 3.59. The van der Waals surface area contributed by atoms with Gasteiger partial charge >= 0.3 is 0 Å². The van der Waals surface area contributed by atoms with Crippen molar-refractivity contribution in [1.29, 1.82) is 0 Å². The van der Waals surface area contributed by atoms with Crippen LogP contribution >= 0.6 is 24.0 Å². The van der Waals surface area contributed by atoms with Gasteiger partial charge in [0.25, 0.3) is 0 Å². The molecule has 2 fully saturated rings. The van der Waals surface area contributed by atoms with Crippen molar-refractivity contribution in [3.63, 3.8) is 0 Å². The number of aromatic nitrogens is 1. The van der Waals surface area contributed by atoms with Crippen LogP contribution in [0.3, 0.4) is 0 Å². The first-order valence-electron chi connectivity index (χ1n) is 11.5. The third-order valence-electron chi connectivity index (χ3n) is 6.94. The maximum absolute atomic E-state index is 12.8. The van der Waals surface area contributed by atoms with Gasteiger partial charge in [-0.25, -0.2) is 4.98 Å². The Morgan fingerprint density at radius 2 is 1.74 bits per heavy atom. The number of likely N-dealkylation sites (tertiary alicyclic amines) is 1. The molecular formula is C25H30IN5O3. The van der Waals surface area contributed by atoms with E-state index >= 15 is 0 Å². The molecule has 1 saturated heterocycles. The van der Waals surface area contributed by atoms with Gasteiger partial charge in [-0.3, -0.25) is 19.5 Å². The van der Waals surface area contributed by atoms with Crippen LogP contribution in [0.2, 0.25) is 0 Å². The Kier molecular flexibility index (Phi) is 7.39. The second-order valence-electron chi connectivity index (χ2n) is 9.01. The Labute approximate surface area is 216 Å². The van der Waals surface area contributed by atoms with E-state index < -0.39 is 0 Å². The second-order valence-corrected chi connectivity index (χ2v) is 9.01. The third-order valence-corrected chi connectivity index (χ3v) is 6.94. The van der Waals surface area contributed by atoms with Crippen LogP contribution in [-0.4, -0.2) is 54.3 Å². The molecule has 1 saturated carbocycles. The standard InChI is InChI=1S/C25H29N5O3.HI/c1-15-3-5-16(6-4-15)22-29-19(14-33-22)9-10-27-25(26-2)28-11-12-30-23(31)20-17-7-8-18(13-17)21(20)24(30)32;/h3-8,14,17-18,20-21H,9-13H2,1-2H3,(H2,26,27,28);1H. The highest BCUT2D eigenvalue weighted by atomic mass is 127. The molecule has 3 aliphatic rings. The summed E-state index contributed by atoms with van der Waals surface area (Å²) in [7, 11) is 1.70. The molecule has 2 aromatic rings. The predicted molar refractivity (Wildman–Crippen MR) is 140 cm³/mol.